The maximum absolute atomic E-state index is 13.1. The van der Waals surface area contributed by atoms with Crippen molar-refractivity contribution < 1.29 is 32.3 Å². The summed E-state index contributed by atoms with van der Waals surface area (Å²) in [5, 5.41) is 5.11. The van der Waals surface area contributed by atoms with Crippen molar-refractivity contribution in [1.82, 2.24) is 14.5 Å². The first-order valence-corrected chi connectivity index (χ1v) is 14.1. The van der Waals surface area contributed by atoms with E-state index in [1.165, 1.54) is 35.5 Å². The standard InChI is InChI=1S/C24H30N4O7S2/c1-5-28(6-2)37(33,34)17-10-8-16(9-11-17)21(30)25-23-20(22(31)26-24(32)35-7-3)18-12-13-27(15(4)29)14-19(18)36-23/h8-11H,5-7,12-14H2,1-4H3,(H,25,30)(H,26,31,32). The number of carbonyl (C=O) groups excluding carboxylic acids is 4. The van der Waals surface area contributed by atoms with Gasteiger partial charge < -0.3 is 15.0 Å². The molecule has 1 aromatic carbocycles. The van der Waals surface area contributed by atoms with E-state index < -0.39 is 27.9 Å². The van der Waals surface area contributed by atoms with Crippen molar-refractivity contribution in [2.45, 2.75) is 45.6 Å². The molecule has 2 aromatic rings. The van der Waals surface area contributed by atoms with Crippen LogP contribution in [-0.2, 0) is 32.5 Å². The molecule has 0 saturated carbocycles. The molecule has 0 aliphatic carbocycles. The van der Waals surface area contributed by atoms with Crippen LogP contribution in [0.1, 0.15) is 58.9 Å². The van der Waals surface area contributed by atoms with Crippen LogP contribution in [0.2, 0.25) is 0 Å². The summed E-state index contributed by atoms with van der Waals surface area (Å²) in [7, 11) is -3.68. The normalized spacial score (nSPS) is 13.2. The number of imide groups is 1. The maximum atomic E-state index is 13.1. The van der Waals surface area contributed by atoms with Crippen molar-refractivity contribution in [3.63, 3.8) is 0 Å². The number of hydrogen-bond donors (Lipinski definition) is 2. The van der Waals surface area contributed by atoms with Crippen molar-refractivity contribution in [3.05, 3.63) is 45.8 Å². The van der Waals surface area contributed by atoms with E-state index in [1.54, 1.807) is 25.7 Å². The first kappa shape index (κ1) is 28.3. The minimum absolute atomic E-state index is 0.0677. The first-order chi connectivity index (χ1) is 17.5. The third-order valence-corrected chi connectivity index (χ3v) is 9.10. The summed E-state index contributed by atoms with van der Waals surface area (Å²) in [5.41, 5.74) is 0.984. The fourth-order valence-corrected chi connectivity index (χ4v) is 6.70. The number of nitrogens with one attached hydrogen (secondary N) is 2. The molecule has 37 heavy (non-hydrogen) atoms. The Bertz CT molecular complexity index is 1300. The third kappa shape index (κ3) is 6.17. The van der Waals surface area contributed by atoms with Crippen molar-refractivity contribution >= 4 is 50.2 Å². The second kappa shape index (κ2) is 11.8. The number of amides is 4. The molecule has 0 atom stereocenters. The van der Waals surface area contributed by atoms with Crippen LogP contribution in [0.15, 0.2) is 29.2 Å². The highest BCUT2D eigenvalue weighted by Gasteiger charge is 2.31. The average Bonchev–Trinajstić information content (AvgIpc) is 3.21. The predicted octanol–water partition coefficient (Wildman–Crippen LogP) is 2.82. The predicted molar refractivity (Wildman–Crippen MR) is 138 cm³/mol. The highest BCUT2D eigenvalue weighted by Crippen LogP contribution is 2.37. The van der Waals surface area contributed by atoms with Gasteiger partial charge in [-0.1, -0.05) is 13.8 Å². The Morgan fingerprint density at radius 1 is 1.05 bits per heavy atom. The van der Waals surface area contributed by atoms with Gasteiger partial charge in [-0.15, -0.1) is 11.3 Å². The molecule has 1 aliphatic heterocycles. The van der Waals surface area contributed by atoms with E-state index in [1.807, 2.05) is 0 Å². The number of sulfonamides is 1. The smallest absolute Gasteiger partial charge is 0.414 e. The highest BCUT2D eigenvalue weighted by molar-refractivity contribution is 7.89. The summed E-state index contributed by atoms with van der Waals surface area (Å²) in [6.45, 7) is 7.96. The number of alkyl carbamates (subject to hydrolysis) is 1. The van der Waals surface area contributed by atoms with Crippen LogP contribution < -0.4 is 10.6 Å². The summed E-state index contributed by atoms with van der Waals surface area (Å²) >= 11 is 1.15. The number of fused-ring (bicyclic) bond motifs is 1. The lowest BCUT2D eigenvalue weighted by molar-refractivity contribution is -0.129. The van der Waals surface area contributed by atoms with Crippen LogP contribution >= 0.6 is 11.3 Å². The van der Waals surface area contributed by atoms with Gasteiger partial charge in [0.05, 0.1) is 23.6 Å². The number of benzene rings is 1. The summed E-state index contributed by atoms with van der Waals surface area (Å²) in [6.07, 6.45) is -0.527. The van der Waals surface area contributed by atoms with Crippen LogP contribution in [0.25, 0.3) is 0 Å². The zero-order valence-electron chi connectivity index (χ0n) is 21.1. The quantitative estimate of drug-likeness (QED) is 0.515. The summed E-state index contributed by atoms with van der Waals surface area (Å²) in [5.74, 6) is -1.39. The number of rotatable bonds is 8. The zero-order valence-corrected chi connectivity index (χ0v) is 22.8. The van der Waals surface area contributed by atoms with Crippen LogP contribution in [0.5, 0.6) is 0 Å². The molecule has 0 bridgehead atoms. The Hall–Kier alpha value is -3.29. The topological polar surface area (TPSA) is 142 Å². The number of carbonyl (C=O) groups is 4. The molecular weight excluding hydrogens is 520 g/mol. The maximum Gasteiger partial charge on any atom is 0.414 e. The molecule has 1 aliphatic rings. The summed E-state index contributed by atoms with van der Waals surface area (Å²) in [6, 6.07) is 5.52. The van der Waals surface area contributed by atoms with Gasteiger partial charge in [0.15, 0.2) is 0 Å². The van der Waals surface area contributed by atoms with Crippen LogP contribution in [0.3, 0.4) is 0 Å². The van der Waals surface area contributed by atoms with E-state index >= 15 is 0 Å². The second-order valence-electron chi connectivity index (χ2n) is 8.14. The van der Waals surface area contributed by atoms with Gasteiger partial charge in [-0.2, -0.15) is 4.31 Å². The number of nitrogens with zero attached hydrogens (tertiary/aromatic N) is 2. The minimum Gasteiger partial charge on any atom is -0.450 e. The Balaban J connectivity index is 1.90. The van der Waals surface area contributed by atoms with Gasteiger partial charge in [0.1, 0.15) is 5.00 Å². The summed E-state index contributed by atoms with van der Waals surface area (Å²) < 4.78 is 31.6. The fourth-order valence-electron chi connectivity index (χ4n) is 3.99. The molecule has 1 aromatic heterocycles. The van der Waals surface area contributed by atoms with Gasteiger partial charge in [0.25, 0.3) is 11.8 Å². The number of ether oxygens (including phenoxy) is 1. The highest BCUT2D eigenvalue weighted by atomic mass is 32.2. The van der Waals surface area contributed by atoms with Gasteiger partial charge in [0.2, 0.25) is 15.9 Å². The Kier molecular flexibility index (Phi) is 9.05. The molecular formula is C24H30N4O7S2. The van der Waals surface area contributed by atoms with E-state index in [4.69, 9.17) is 4.74 Å². The van der Waals surface area contributed by atoms with E-state index in [-0.39, 0.29) is 40.1 Å². The fraction of sp³-hybridized carbons (Fsp3) is 0.417. The second-order valence-corrected chi connectivity index (χ2v) is 11.2. The van der Waals surface area contributed by atoms with Crippen molar-refractivity contribution in [2.75, 3.05) is 31.6 Å². The molecule has 2 N–H and O–H groups in total. The van der Waals surface area contributed by atoms with E-state index in [0.717, 1.165) is 16.2 Å². The minimum atomic E-state index is -3.68. The molecule has 2 heterocycles. The lowest BCUT2D eigenvalue weighted by Crippen LogP contribution is -2.35. The molecule has 4 amide bonds. The van der Waals surface area contributed by atoms with Gasteiger partial charge in [-0.3, -0.25) is 19.7 Å². The van der Waals surface area contributed by atoms with E-state index in [2.05, 4.69) is 10.6 Å². The van der Waals surface area contributed by atoms with Gasteiger partial charge in [-0.05, 0) is 43.2 Å². The molecule has 3 rings (SSSR count). The molecule has 0 spiro atoms. The average molecular weight is 551 g/mol. The molecule has 0 fully saturated rings. The zero-order chi connectivity index (χ0) is 27.3. The van der Waals surface area contributed by atoms with Gasteiger partial charge in [-0.25, -0.2) is 13.2 Å². The molecule has 0 unspecified atom stereocenters. The van der Waals surface area contributed by atoms with Gasteiger partial charge in [0, 0.05) is 37.0 Å². The molecule has 13 heteroatoms. The molecule has 0 saturated heterocycles. The molecule has 200 valence electrons. The number of hydrogen-bond acceptors (Lipinski definition) is 8. The van der Waals surface area contributed by atoms with Crippen molar-refractivity contribution in [3.8, 4) is 0 Å². The lowest BCUT2D eigenvalue weighted by Gasteiger charge is -2.26. The monoisotopic (exact) mass is 550 g/mol. The van der Waals surface area contributed by atoms with E-state index in [9.17, 15) is 27.6 Å². The molecule has 0 radical (unpaired) electrons. The van der Waals surface area contributed by atoms with Crippen LogP contribution in [0, 0.1) is 0 Å². The van der Waals surface area contributed by atoms with Crippen molar-refractivity contribution in [1.29, 1.82) is 0 Å². The third-order valence-electron chi connectivity index (χ3n) is 5.91. The lowest BCUT2D eigenvalue weighted by atomic mass is 10.0. The summed E-state index contributed by atoms with van der Waals surface area (Å²) in [4.78, 5) is 52.2. The van der Waals surface area contributed by atoms with Crippen molar-refractivity contribution in [2.24, 2.45) is 0 Å². The largest absolute Gasteiger partial charge is 0.450 e. The van der Waals surface area contributed by atoms with Gasteiger partial charge >= 0.3 is 6.09 Å². The first-order valence-electron chi connectivity index (χ1n) is 11.8. The van der Waals surface area contributed by atoms with Crippen LogP contribution in [0.4, 0.5) is 9.80 Å². The Morgan fingerprint density at radius 3 is 2.27 bits per heavy atom. The number of thiophene rings is 1. The Labute approximate surface area is 219 Å². The molecule has 11 nitrogen and oxygen atoms in total. The Morgan fingerprint density at radius 2 is 1.70 bits per heavy atom. The van der Waals surface area contributed by atoms with Crippen LogP contribution in [-0.4, -0.2) is 67.7 Å². The van der Waals surface area contributed by atoms with E-state index in [0.29, 0.717) is 31.6 Å². The SMILES string of the molecule is CCOC(=O)NC(=O)c1c(NC(=O)c2ccc(S(=O)(=O)N(CC)CC)cc2)sc2c1CCN(C(C)=O)C2. The number of anilines is 1.